The molecule has 0 aliphatic heterocycles. The minimum atomic E-state index is 0.372. The first-order chi connectivity index (χ1) is 15.2. The van der Waals surface area contributed by atoms with E-state index in [0.29, 0.717) is 5.41 Å². The molecule has 0 saturated carbocycles. The monoisotopic (exact) mass is 442 g/mol. The fourth-order valence-electron chi connectivity index (χ4n) is 3.63. The number of methoxy groups -OCH3 is 1. The van der Waals surface area contributed by atoms with Crippen LogP contribution < -0.4 is 0 Å². The van der Waals surface area contributed by atoms with Gasteiger partial charge in [-0.25, -0.2) is 0 Å². The summed E-state index contributed by atoms with van der Waals surface area (Å²) in [6.07, 6.45) is 27.3. The fourth-order valence-corrected chi connectivity index (χ4v) is 3.63. The Morgan fingerprint density at radius 3 is 1.62 bits per heavy atom. The molecule has 0 fully saturated rings. The van der Waals surface area contributed by atoms with Gasteiger partial charge in [-0.15, -0.1) is 0 Å². The molecule has 0 unspecified atom stereocenters. The SMILES string of the molecule is COCCC(C)(C)CC/C=C(\C)CC/C=C(\C)CC/C=C(\C)CC/C=C/CCC=C(C)C. The summed E-state index contributed by atoms with van der Waals surface area (Å²) in [4.78, 5) is 0. The zero-order valence-corrected chi connectivity index (χ0v) is 22.9. The third kappa shape index (κ3) is 20.6. The van der Waals surface area contributed by atoms with E-state index in [1.165, 1.54) is 86.5 Å². The van der Waals surface area contributed by atoms with Crippen LogP contribution in [0.4, 0.5) is 0 Å². The summed E-state index contributed by atoms with van der Waals surface area (Å²) in [6, 6.07) is 0. The molecule has 1 heteroatoms. The predicted molar refractivity (Wildman–Crippen MR) is 146 cm³/mol. The molecule has 0 saturated heterocycles. The first-order valence-corrected chi connectivity index (χ1v) is 12.9. The average Bonchev–Trinajstić information content (AvgIpc) is 2.71. The molecular formula is C31H54O. The molecule has 0 spiro atoms. The van der Waals surface area contributed by atoms with Crippen LogP contribution in [0.5, 0.6) is 0 Å². The summed E-state index contributed by atoms with van der Waals surface area (Å²) in [6.45, 7) is 16.7. The Balaban J connectivity index is 4.03. The van der Waals surface area contributed by atoms with Gasteiger partial charge in [-0.05, 0) is 111 Å². The van der Waals surface area contributed by atoms with E-state index in [0.717, 1.165) is 13.0 Å². The highest BCUT2D eigenvalue weighted by atomic mass is 16.5. The van der Waals surface area contributed by atoms with Crippen molar-refractivity contribution in [3.05, 3.63) is 58.7 Å². The number of ether oxygens (including phenoxy) is 1. The number of rotatable bonds is 18. The Hall–Kier alpha value is -1.34. The highest BCUT2D eigenvalue weighted by Gasteiger charge is 2.16. The molecule has 0 aromatic carbocycles. The van der Waals surface area contributed by atoms with Crippen LogP contribution in [0.1, 0.15) is 119 Å². The third-order valence-electron chi connectivity index (χ3n) is 6.12. The molecule has 0 bridgehead atoms. The summed E-state index contributed by atoms with van der Waals surface area (Å²) in [5.74, 6) is 0. The van der Waals surface area contributed by atoms with Gasteiger partial charge in [0.25, 0.3) is 0 Å². The van der Waals surface area contributed by atoms with E-state index in [-0.39, 0.29) is 0 Å². The van der Waals surface area contributed by atoms with Crippen molar-refractivity contribution in [2.75, 3.05) is 13.7 Å². The zero-order valence-electron chi connectivity index (χ0n) is 22.9. The lowest BCUT2D eigenvalue weighted by Crippen LogP contribution is -2.13. The molecule has 0 aliphatic carbocycles. The van der Waals surface area contributed by atoms with Crippen LogP contribution in [0.3, 0.4) is 0 Å². The van der Waals surface area contributed by atoms with Crippen LogP contribution in [0.2, 0.25) is 0 Å². The fraction of sp³-hybridized carbons (Fsp3) is 0.677. The van der Waals surface area contributed by atoms with Gasteiger partial charge in [0.2, 0.25) is 0 Å². The van der Waals surface area contributed by atoms with Crippen molar-refractivity contribution in [1.82, 2.24) is 0 Å². The summed E-state index contributed by atoms with van der Waals surface area (Å²) in [5, 5.41) is 0. The van der Waals surface area contributed by atoms with Crippen LogP contribution in [0.15, 0.2) is 58.7 Å². The van der Waals surface area contributed by atoms with E-state index in [4.69, 9.17) is 4.74 Å². The number of unbranched alkanes of at least 4 members (excludes halogenated alkanes) is 1. The predicted octanol–water partition coefficient (Wildman–Crippen LogP) is 10.3. The van der Waals surface area contributed by atoms with Crippen molar-refractivity contribution in [1.29, 1.82) is 0 Å². The smallest absolute Gasteiger partial charge is 0.0467 e. The lowest BCUT2D eigenvalue weighted by atomic mass is 9.84. The molecule has 0 aliphatic rings. The first kappa shape index (κ1) is 30.7. The van der Waals surface area contributed by atoms with Crippen LogP contribution in [0.25, 0.3) is 0 Å². The van der Waals surface area contributed by atoms with Crippen LogP contribution in [-0.4, -0.2) is 13.7 Å². The molecular weight excluding hydrogens is 388 g/mol. The van der Waals surface area contributed by atoms with Crippen LogP contribution in [0, 0.1) is 5.41 Å². The van der Waals surface area contributed by atoms with E-state index in [2.05, 4.69) is 84.9 Å². The Kier molecular flexibility index (Phi) is 18.4. The second-order valence-corrected chi connectivity index (χ2v) is 10.5. The van der Waals surface area contributed by atoms with E-state index in [9.17, 15) is 0 Å². The Labute approximate surface area is 201 Å². The van der Waals surface area contributed by atoms with E-state index in [1.54, 1.807) is 7.11 Å². The van der Waals surface area contributed by atoms with Gasteiger partial charge in [0, 0.05) is 13.7 Å². The highest BCUT2D eigenvalue weighted by molar-refractivity contribution is 5.06. The summed E-state index contributed by atoms with van der Waals surface area (Å²) < 4.78 is 5.23. The Morgan fingerprint density at radius 2 is 1.09 bits per heavy atom. The Morgan fingerprint density at radius 1 is 0.594 bits per heavy atom. The molecule has 1 nitrogen and oxygen atoms in total. The molecule has 0 heterocycles. The number of hydrogen-bond donors (Lipinski definition) is 0. The van der Waals surface area contributed by atoms with Gasteiger partial charge in [-0.1, -0.05) is 72.6 Å². The normalized spacial score (nSPS) is 13.8. The molecule has 0 atom stereocenters. The van der Waals surface area contributed by atoms with Crippen molar-refractivity contribution in [3.63, 3.8) is 0 Å². The van der Waals surface area contributed by atoms with E-state index >= 15 is 0 Å². The maximum atomic E-state index is 5.23. The zero-order chi connectivity index (χ0) is 24.2. The van der Waals surface area contributed by atoms with Crippen LogP contribution in [-0.2, 0) is 4.74 Å². The van der Waals surface area contributed by atoms with Gasteiger partial charge in [0.15, 0.2) is 0 Å². The van der Waals surface area contributed by atoms with Gasteiger partial charge in [-0.2, -0.15) is 0 Å². The summed E-state index contributed by atoms with van der Waals surface area (Å²) in [5.41, 5.74) is 6.37. The van der Waals surface area contributed by atoms with E-state index < -0.39 is 0 Å². The quantitative estimate of drug-likeness (QED) is 0.151. The molecule has 0 N–H and O–H groups in total. The van der Waals surface area contributed by atoms with Gasteiger partial charge in [0.1, 0.15) is 0 Å². The number of hydrogen-bond acceptors (Lipinski definition) is 1. The third-order valence-corrected chi connectivity index (χ3v) is 6.12. The second-order valence-electron chi connectivity index (χ2n) is 10.5. The second kappa shape index (κ2) is 19.2. The van der Waals surface area contributed by atoms with Crippen molar-refractivity contribution >= 4 is 0 Å². The lowest BCUT2D eigenvalue weighted by Gasteiger charge is -2.23. The van der Waals surface area contributed by atoms with Crippen molar-refractivity contribution in [2.24, 2.45) is 5.41 Å². The highest BCUT2D eigenvalue weighted by Crippen LogP contribution is 2.27. The van der Waals surface area contributed by atoms with Crippen molar-refractivity contribution in [3.8, 4) is 0 Å². The molecule has 184 valence electrons. The minimum absolute atomic E-state index is 0.372. The lowest BCUT2D eigenvalue weighted by molar-refractivity contribution is 0.148. The largest absolute Gasteiger partial charge is 0.385 e. The average molecular weight is 443 g/mol. The minimum Gasteiger partial charge on any atom is -0.385 e. The first-order valence-electron chi connectivity index (χ1n) is 12.9. The topological polar surface area (TPSA) is 9.23 Å². The molecule has 32 heavy (non-hydrogen) atoms. The maximum absolute atomic E-state index is 5.23. The summed E-state index contributed by atoms with van der Waals surface area (Å²) in [7, 11) is 1.79. The van der Waals surface area contributed by atoms with E-state index in [1.807, 2.05) is 0 Å². The molecule has 0 aromatic rings. The molecule has 0 radical (unpaired) electrons. The maximum Gasteiger partial charge on any atom is 0.0467 e. The molecule has 0 rings (SSSR count). The molecule has 0 amide bonds. The van der Waals surface area contributed by atoms with Gasteiger partial charge < -0.3 is 4.74 Å². The van der Waals surface area contributed by atoms with Gasteiger partial charge in [-0.3, -0.25) is 0 Å². The van der Waals surface area contributed by atoms with Crippen LogP contribution >= 0.6 is 0 Å². The standard InChI is InChI=1S/C31H54O/c1-27(2)17-12-10-9-11-13-18-28(3)19-14-20-29(4)21-15-22-30(5)23-16-24-31(6,7)25-26-32-8/h9,11,17,19,21,23H,10,12-16,18,20,22,24-26H2,1-8H3/b11-9+,28-19+,29-21+,30-23+. The Bertz CT molecular complexity index is 621. The summed E-state index contributed by atoms with van der Waals surface area (Å²) >= 11 is 0. The number of allylic oxidation sites excluding steroid dienone is 10. The molecule has 0 aromatic heterocycles. The van der Waals surface area contributed by atoms with Gasteiger partial charge in [0.05, 0.1) is 0 Å². The van der Waals surface area contributed by atoms with Gasteiger partial charge >= 0.3 is 0 Å². The van der Waals surface area contributed by atoms with Crippen molar-refractivity contribution in [2.45, 2.75) is 119 Å². The van der Waals surface area contributed by atoms with Crippen molar-refractivity contribution < 1.29 is 4.74 Å².